The number of benzene rings is 5. The summed E-state index contributed by atoms with van der Waals surface area (Å²) < 4.78 is 1.86. The molecule has 1 aromatic heterocycles. The SMILES string of the molecule is Cc1ccccc1-c1ccc(-n2cncc2C(=O)N(C)Cc2c3ccccc3cc3ccccc23)cc1. The van der Waals surface area contributed by atoms with Crippen molar-refractivity contribution in [1.29, 1.82) is 0 Å². The highest BCUT2D eigenvalue weighted by molar-refractivity contribution is 6.02. The van der Waals surface area contributed by atoms with Crippen LogP contribution in [0.3, 0.4) is 0 Å². The number of rotatable bonds is 5. The number of amides is 1. The number of aromatic nitrogens is 2. The molecule has 0 aliphatic heterocycles. The molecule has 180 valence electrons. The lowest BCUT2D eigenvalue weighted by Gasteiger charge is -2.21. The Hall–Kier alpha value is -4.70. The summed E-state index contributed by atoms with van der Waals surface area (Å²) in [5, 5.41) is 4.69. The van der Waals surface area contributed by atoms with Crippen molar-refractivity contribution in [1.82, 2.24) is 14.5 Å². The van der Waals surface area contributed by atoms with Crippen LogP contribution in [0.4, 0.5) is 0 Å². The van der Waals surface area contributed by atoms with E-state index in [2.05, 4.69) is 96.8 Å². The van der Waals surface area contributed by atoms with Crippen LogP contribution in [0.1, 0.15) is 21.6 Å². The maximum absolute atomic E-state index is 13.7. The molecular weight excluding hydrogens is 454 g/mol. The van der Waals surface area contributed by atoms with Crippen LogP contribution < -0.4 is 0 Å². The third-order valence-electron chi connectivity index (χ3n) is 7.08. The van der Waals surface area contributed by atoms with Crippen LogP contribution >= 0.6 is 0 Å². The molecule has 1 amide bonds. The second kappa shape index (κ2) is 9.40. The molecule has 37 heavy (non-hydrogen) atoms. The summed E-state index contributed by atoms with van der Waals surface area (Å²) in [6.45, 7) is 2.61. The fraction of sp³-hybridized carbons (Fsp3) is 0.0909. The van der Waals surface area contributed by atoms with E-state index in [1.165, 1.54) is 32.7 Å². The van der Waals surface area contributed by atoms with Gasteiger partial charge in [-0.2, -0.15) is 0 Å². The summed E-state index contributed by atoms with van der Waals surface area (Å²) in [7, 11) is 1.86. The first-order valence-corrected chi connectivity index (χ1v) is 12.4. The molecule has 0 aliphatic carbocycles. The van der Waals surface area contributed by atoms with E-state index >= 15 is 0 Å². The van der Waals surface area contributed by atoms with Crippen molar-refractivity contribution in [2.24, 2.45) is 0 Å². The van der Waals surface area contributed by atoms with Crippen molar-refractivity contribution in [2.75, 3.05) is 7.05 Å². The zero-order valence-electron chi connectivity index (χ0n) is 20.9. The Kier molecular flexibility index (Phi) is 5.78. The number of aryl methyl sites for hydroxylation is 1. The minimum Gasteiger partial charge on any atom is -0.336 e. The van der Waals surface area contributed by atoms with Gasteiger partial charge in [-0.25, -0.2) is 4.98 Å². The molecule has 4 nitrogen and oxygen atoms in total. The molecule has 5 aromatic carbocycles. The summed E-state index contributed by atoms with van der Waals surface area (Å²) in [5.74, 6) is -0.0718. The molecule has 4 heteroatoms. The molecule has 6 aromatic rings. The average Bonchev–Trinajstić information content (AvgIpc) is 3.43. The van der Waals surface area contributed by atoms with Crippen molar-refractivity contribution in [3.8, 4) is 16.8 Å². The Labute approximate surface area is 216 Å². The lowest BCUT2D eigenvalue weighted by Crippen LogP contribution is -2.28. The van der Waals surface area contributed by atoms with Gasteiger partial charge in [0.1, 0.15) is 5.69 Å². The lowest BCUT2D eigenvalue weighted by molar-refractivity contribution is 0.0778. The predicted molar refractivity (Wildman–Crippen MR) is 151 cm³/mol. The van der Waals surface area contributed by atoms with Crippen LogP contribution in [0, 0.1) is 6.92 Å². The first-order valence-electron chi connectivity index (χ1n) is 12.4. The number of fused-ring (bicyclic) bond motifs is 2. The molecule has 0 aliphatic rings. The van der Waals surface area contributed by atoms with Crippen LogP contribution in [0.2, 0.25) is 0 Å². The van der Waals surface area contributed by atoms with Gasteiger partial charge >= 0.3 is 0 Å². The number of hydrogen-bond acceptors (Lipinski definition) is 2. The zero-order valence-corrected chi connectivity index (χ0v) is 20.9. The van der Waals surface area contributed by atoms with Crippen molar-refractivity contribution >= 4 is 27.5 Å². The fourth-order valence-electron chi connectivity index (χ4n) is 5.14. The zero-order chi connectivity index (χ0) is 25.4. The van der Waals surface area contributed by atoms with E-state index in [-0.39, 0.29) is 5.91 Å². The van der Waals surface area contributed by atoms with E-state index in [1.54, 1.807) is 17.4 Å². The molecule has 0 unspecified atom stereocenters. The van der Waals surface area contributed by atoms with Gasteiger partial charge in [-0.3, -0.25) is 9.36 Å². The third-order valence-corrected chi connectivity index (χ3v) is 7.08. The minimum absolute atomic E-state index is 0.0718. The second-order valence-corrected chi connectivity index (χ2v) is 9.47. The Morgan fingerprint density at radius 1 is 0.811 bits per heavy atom. The molecule has 6 rings (SSSR count). The van der Waals surface area contributed by atoms with Gasteiger partial charge in [0.05, 0.1) is 12.5 Å². The summed E-state index contributed by atoms with van der Waals surface area (Å²) >= 11 is 0. The number of hydrogen-bond donors (Lipinski definition) is 0. The molecule has 0 atom stereocenters. The Morgan fingerprint density at radius 2 is 1.43 bits per heavy atom. The molecule has 1 heterocycles. The Bertz CT molecular complexity index is 1690. The monoisotopic (exact) mass is 481 g/mol. The molecule has 0 spiro atoms. The van der Waals surface area contributed by atoms with Crippen LogP contribution in [-0.4, -0.2) is 27.4 Å². The highest BCUT2D eigenvalue weighted by Crippen LogP contribution is 2.30. The smallest absolute Gasteiger partial charge is 0.272 e. The number of nitrogens with zero attached hydrogens (tertiary/aromatic N) is 3. The molecule has 0 fully saturated rings. The Morgan fingerprint density at radius 3 is 2.11 bits per heavy atom. The van der Waals surface area contributed by atoms with Gasteiger partial charge in [0.15, 0.2) is 0 Å². The van der Waals surface area contributed by atoms with Crippen LogP contribution in [0.5, 0.6) is 0 Å². The normalized spacial score (nSPS) is 11.2. The maximum atomic E-state index is 13.7. The quantitative estimate of drug-likeness (QED) is 0.240. The number of imidazole rings is 1. The molecular formula is C33H27N3O. The molecule has 0 bridgehead atoms. The first-order chi connectivity index (χ1) is 18.1. The van der Waals surface area contributed by atoms with Gasteiger partial charge < -0.3 is 4.90 Å². The van der Waals surface area contributed by atoms with Crippen LogP contribution in [-0.2, 0) is 6.54 Å². The van der Waals surface area contributed by atoms with Crippen molar-refractivity contribution < 1.29 is 4.79 Å². The third kappa shape index (κ3) is 4.17. The summed E-state index contributed by atoms with van der Waals surface area (Å²) in [6.07, 6.45) is 3.35. The second-order valence-electron chi connectivity index (χ2n) is 9.47. The minimum atomic E-state index is -0.0718. The largest absolute Gasteiger partial charge is 0.336 e. The van der Waals surface area contributed by atoms with Gasteiger partial charge in [0, 0.05) is 19.3 Å². The van der Waals surface area contributed by atoms with Gasteiger partial charge in [0.2, 0.25) is 0 Å². The Balaban J connectivity index is 1.32. The maximum Gasteiger partial charge on any atom is 0.272 e. The highest BCUT2D eigenvalue weighted by atomic mass is 16.2. The number of carbonyl (C=O) groups is 1. The van der Waals surface area contributed by atoms with Gasteiger partial charge in [0.25, 0.3) is 5.91 Å². The van der Waals surface area contributed by atoms with E-state index in [9.17, 15) is 4.79 Å². The van der Waals surface area contributed by atoms with E-state index < -0.39 is 0 Å². The molecule has 0 saturated carbocycles. The summed E-state index contributed by atoms with van der Waals surface area (Å²) in [4.78, 5) is 19.8. The highest BCUT2D eigenvalue weighted by Gasteiger charge is 2.19. The van der Waals surface area contributed by atoms with E-state index in [0.29, 0.717) is 12.2 Å². The van der Waals surface area contributed by atoms with E-state index in [0.717, 1.165) is 16.8 Å². The van der Waals surface area contributed by atoms with E-state index in [1.807, 2.05) is 29.8 Å². The molecule has 0 radical (unpaired) electrons. The van der Waals surface area contributed by atoms with Crippen LogP contribution in [0.15, 0.2) is 116 Å². The average molecular weight is 482 g/mol. The molecule has 0 saturated heterocycles. The van der Waals surface area contributed by atoms with Gasteiger partial charge in [-0.1, -0.05) is 84.9 Å². The predicted octanol–water partition coefficient (Wildman–Crippen LogP) is 7.43. The lowest BCUT2D eigenvalue weighted by atomic mass is 9.96. The summed E-state index contributed by atoms with van der Waals surface area (Å²) in [6, 6.07) is 35.6. The van der Waals surface area contributed by atoms with Crippen molar-refractivity contribution in [3.63, 3.8) is 0 Å². The topological polar surface area (TPSA) is 38.1 Å². The standard InChI is InChI=1S/C33H27N3O/c1-23-9-3-6-12-28(23)24-15-17-27(18-16-24)36-22-34-20-32(36)33(37)35(2)21-31-29-13-7-4-10-25(29)19-26-11-5-8-14-30(26)31/h3-20,22H,21H2,1-2H3. The van der Waals surface area contributed by atoms with Crippen molar-refractivity contribution in [2.45, 2.75) is 13.5 Å². The van der Waals surface area contributed by atoms with Gasteiger partial charge in [-0.05, 0) is 68.9 Å². The first kappa shape index (κ1) is 22.7. The van der Waals surface area contributed by atoms with Gasteiger partial charge in [-0.15, -0.1) is 0 Å². The fourth-order valence-corrected chi connectivity index (χ4v) is 5.14. The number of carbonyl (C=O) groups excluding carboxylic acids is 1. The summed E-state index contributed by atoms with van der Waals surface area (Å²) in [5.41, 5.74) is 6.18. The van der Waals surface area contributed by atoms with Crippen molar-refractivity contribution in [3.05, 3.63) is 132 Å². The molecule has 0 N–H and O–H groups in total. The van der Waals surface area contributed by atoms with E-state index in [4.69, 9.17) is 0 Å². The van der Waals surface area contributed by atoms with Crippen LogP contribution in [0.25, 0.3) is 38.4 Å².